The summed E-state index contributed by atoms with van der Waals surface area (Å²) in [7, 11) is 0. The molecule has 0 fully saturated rings. The van der Waals surface area contributed by atoms with Crippen LogP contribution in [0.1, 0.15) is 26.7 Å². The van der Waals surface area contributed by atoms with Crippen LogP contribution in [0.5, 0.6) is 0 Å². The largest absolute Gasteiger partial charge is 0.481 e. The van der Waals surface area contributed by atoms with E-state index in [1.807, 2.05) is 6.92 Å². The highest BCUT2D eigenvalue weighted by molar-refractivity contribution is 5.66. The molecule has 0 heterocycles. The molecule has 5 nitrogen and oxygen atoms in total. The molecule has 5 heteroatoms. The van der Waals surface area contributed by atoms with Crippen LogP contribution in [-0.2, 0) is 4.79 Å². The molecular formula is C9H19NO4. The van der Waals surface area contributed by atoms with E-state index < -0.39 is 11.5 Å². The predicted molar refractivity (Wildman–Crippen MR) is 52.0 cm³/mol. The Morgan fingerprint density at radius 3 is 2.29 bits per heavy atom. The van der Waals surface area contributed by atoms with Crippen LogP contribution >= 0.6 is 0 Å². The van der Waals surface area contributed by atoms with Crippen LogP contribution in [0.15, 0.2) is 0 Å². The highest BCUT2D eigenvalue weighted by Gasteiger charge is 2.23. The van der Waals surface area contributed by atoms with Crippen LogP contribution in [0.3, 0.4) is 0 Å². The molecule has 0 aromatic heterocycles. The molecule has 0 aromatic rings. The fraction of sp³-hybridized carbons (Fsp3) is 0.889. The highest BCUT2D eigenvalue weighted by atomic mass is 16.4. The summed E-state index contributed by atoms with van der Waals surface area (Å²) < 4.78 is 0. The Labute approximate surface area is 83.8 Å². The van der Waals surface area contributed by atoms with E-state index in [4.69, 9.17) is 15.3 Å². The molecule has 0 saturated carbocycles. The zero-order chi connectivity index (χ0) is 11.2. The van der Waals surface area contributed by atoms with Crippen LogP contribution < -0.4 is 5.32 Å². The summed E-state index contributed by atoms with van der Waals surface area (Å²) in [5, 5.41) is 29.4. The lowest BCUT2D eigenvalue weighted by atomic mass is 10.0. The fourth-order valence-electron chi connectivity index (χ4n) is 1.15. The van der Waals surface area contributed by atoms with Crippen molar-refractivity contribution in [3.8, 4) is 0 Å². The number of hydrogen-bond acceptors (Lipinski definition) is 4. The van der Waals surface area contributed by atoms with Gasteiger partial charge in [-0.3, -0.25) is 4.79 Å². The quantitative estimate of drug-likeness (QED) is 0.453. The van der Waals surface area contributed by atoms with E-state index in [1.54, 1.807) is 6.92 Å². The number of rotatable bonds is 7. The van der Waals surface area contributed by atoms with Gasteiger partial charge in [0.05, 0.1) is 18.8 Å². The molecule has 1 atom stereocenters. The minimum Gasteiger partial charge on any atom is -0.481 e. The van der Waals surface area contributed by atoms with Crippen molar-refractivity contribution in [2.24, 2.45) is 0 Å². The van der Waals surface area contributed by atoms with E-state index in [1.165, 1.54) is 0 Å². The number of hydrogen-bond donors (Lipinski definition) is 4. The highest BCUT2D eigenvalue weighted by Crippen LogP contribution is 2.06. The first-order valence-electron chi connectivity index (χ1n) is 4.65. The van der Waals surface area contributed by atoms with Gasteiger partial charge in [0, 0.05) is 12.5 Å². The number of aliphatic hydroxyl groups is 2. The predicted octanol–water partition coefficient (Wildman–Crippen LogP) is -0.427. The summed E-state index contributed by atoms with van der Waals surface area (Å²) >= 11 is 0. The molecule has 84 valence electrons. The summed E-state index contributed by atoms with van der Waals surface area (Å²) in [6.07, 6.45) is 0.562. The molecule has 0 aliphatic rings. The van der Waals surface area contributed by atoms with Gasteiger partial charge in [-0.2, -0.15) is 0 Å². The first kappa shape index (κ1) is 13.4. The van der Waals surface area contributed by atoms with E-state index in [2.05, 4.69) is 5.32 Å². The van der Waals surface area contributed by atoms with Gasteiger partial charge in [0.2, 0.25) is 0 Å². The summed E-state index contributed by atoms with van der Waals surface area (Å²) in [6, 6.07) is -0.0459. The Bertz CT molecular complexity index is 180. The minimum absolute atomic E-state index is 0.0459. The molecule has 0 spiro atoms. The maximum Gasteiger partial charge on any atom is 0.303 e. The summed E-state index contributed by atoms with van der Waals surface area (Å²) in [4.78, 5) is 10.3. The second-order valence-corrected chi connectivity index (χ2v) is 3.85. The van der Waals surface area contributed by atoms with Gasteiger partial charge in [-0.05, 0) is 20.3 Å². The molecule has 4 N–H and O–H groups in total. The zero-order valence-corrected chi connectivity index (χ0v) is 8.66. The molecule has 0 aromatic carbocycles. The lowest BCUT2D eigenvalue weighted by Gasteiger charge is -2.30. The maximum absolute atomic E-state index is 10.3. The van der Waals surface area contributed by atoms with E-state index in [-0.39, 0.29) is 25.7 Å². The van der Waals surface area contributed by atoms with Gasteiger partial charge >= 0.3 is 5.97 Å². The number of carboxylic acid groups (broad SMARTS) is 1. The summed E-state index contributed by atoms with van der Waals surface area (Å²) in [5.41, 5.74) is -0.738. The smallest absolute Gasteiger partial charge is 0.303 e. The minimum atomic E-state index is -0.839. The lowest BCUT2D eigenvalue weighted by molar-refractivity contribution is -0.137. The van der Waals surface area contributed by atoms with Gasteiger partial charge in [-0.1, -0.05) is 0 Å². The molecular weight excluding hydrogens is 186 g/mol. The van der Waals surface area contributed by atoms with Crippen LogP contribution in [0.4, 0.5) is 0 Å². The van der Waals surface area contributed by atoms with Crippen molar-refractivity contribution in [3.05, 3.63) is 0 Å². The van der Waals surface area contributed by atoms with Crippen molar-refractivity contribution in [2.45, 2.75) is 38.3 Å². The second kappa shape index (κ2) is 5.95. The van der Waals surface area contributed by atoms with Gasteiger partial charge in [-0.15, -0.1) is 0 Å². The van der Waals surface area contributed by atoms with Crippen molar-refractivity contribution in [3.63, 3.8) is 0 Å². The molecule has 14 heavy (non-hydrogen) atoms. The van der Waals surface area contributed by atoms with Gasteiger partial charge < -0.3 is 20.6 Å². The normalized spacial score (nSPS) is 14.0. The molecule has 0 saturated heterocycles. The Morgan fingerprint density at radius 2 is 1.93 bits per heavy atom. The third-order valence-corrected chi connectivity index (χ3v) is 2.08. The van der Waals surface area contributed by atoms with Crippen molar-refractivity contribution in [1.82, 2.24) is 5.32 Å². The molecule has 0 rings (SSSR count). The van der Waals surface area contributed by atoms with Crippen LogP contribution in [0.2, 0.25) is 0 Å². The molecule has 0 aliphatic carbocycles. The first-order chi connectivity index (χ1) is 6.43. The van der Waals surface area contributed by atoms with Crippen molar-refractivity contribution < 1.29 is 20.1 Å². The Morgan fingerprint density at radius 1 is 1.43 bits per heavy atom. The number of nitrogens with one attached hydrogen (secondary N) is 1. The number of carboxylic acids is 1. The SMILES string of the molecule is CC(CCC(=O)O)NC(C)(CO)CO. The van der Waals surface area contributed by atoms with Gasteiger partial charge in [0.1, 0.15) is 0 Å². The Kier molecular flexibility index (Phi) is 5.68. The van der Waals surface area contributed by atoms with Gasteiger partial charge in [-0.25, -0.2) is 0 Å². The second-order valence-electron chi connectivity index (χ2n) is 3.85. The Balaban J connectivity index is 3.90. The molecule has 0 radical (unpaired) electrons. The molecule has 1 unspecified atom stereocenters. The van der Waals surface area contributed by atoms with Crippen LogP contribution in [-0.4, -0.2) is 46.1 Å². The standard InChI is InChI=1S/C9H19NO4/c1-7(3-4-8(13)14)10-9(2,5-11)6-12/h7,10-12H,3-6H2,1-2H3,(H,13,14). The van der Waals surface area contributed by atoms with E-state index in [0.29, 0.717) is 6.42 Å². The number of carbonyl (C=O) groups is 1. The van der Waals surface area contributed by atoms with Gasteiger partial charge in [0.15, 0.2) is 0 Å². The van der Waals surface area contributed by atoms with Gasteiger partial charge in [0.25, 0.3) is 0 Å². The number of aliphatic hydroxyl groups excluding tert-OH is 2. The monoisotopic (exact) mass is 205 g/mol. The van der Waals surface area contributed by atoms with Crippen molar-refractivity contribution >= 4 is 5.97 Å². The summed E-state index contributed by atoms with van der Waals surface area (Å²) in [5.74, 6) is -0.839. The average Bonchev–Trinajstić information content (AvgIpc) is 2.14. The topological polar surface area (TPSA) is 89.8 Å². The first-order valence-corrected chi connectivity index (χ1v) is 4.65. The van der Waals surface area contributed by atoms with Crippen LogP contribution in [0.25, 0.3) is 0 Å². The van der Waals surface area contributed by atoms with E-state index in [9.17, 15) is 4.79 Å². The molecule has 0 aliphatic heterocycles. The Hall–Kier alpha value is -0.650. The van der Waals surface area contributed by atoms with E-state index in [0.717, 1.165) is 0 Å². The van der Waals surface area contributed by atoms with Crippen molar-refractivity contribution in [2.75, 3.05) is 13.2 Å². The zero-order valence-electron chi connectivity index (χ0n) is 8.66. The molecule has 0 bridgehead atoms. The number of aliphatic carboxylic acids is 1. The van der Waals surface area contributed by atoms with Crippen molar-refractivity contribution in [1.29, 1.82) is 0 Å². The average molecular weight is 205 g/mol. The maximum atomic E-state index is 10.3. The van der Waals surface area contributed by atoms with Crippen LogP contribution in [0, 0.1) is 0 Å². The fourth-order valence-corrected chi connectivity index (χ4v) is 1.15. The molecule has 0 amide bonds. The third kappa shape index (κ3) is 5.16. The lowest BCUT2D eigenvalue weighted by Crippen LogP contribution is -2.52. The van der Waals surface area contributed by atoms with E-state index >= 15 is 0 Å². The third-order valence-electron chi connectivity index (χ3n) is 2.08. The summed E-state index contributed by atoms with van der Waals surface area (Å²) in [6.45, 7) is 3.15.